The molecule has 0 aliphatic rings. The summed E-state index contributed by atoms with van der Waals surface area (Å²) in [7, 11) is 3.02. The fraction of sp³-hybridized carbons (Fsp3) is 0.487. The van der Waals surface area contributed by atoms with Gasteiger partial charge in [0.1, 0.15) is 16.7 Å². The molecule has 3 rings (SSSR count). The van der Waals surface area contributed by atoms with Crippen molar-refractivity contribution in [1.82, 2.24) is 20.5 Å². The average molecular weight is 736 g/mol. The molecule has 2 aromatic carbocycles. The van der Waals surface area contributed by atoms with Crippen LogP contribution >= 0.6 is 11.3 Å². The number of esters is 2. The Bertz CT molecular complexity index is 1620. The second-order valence-electron chi connectivity index (χ2n) is 13.5. The Hall–Kier alpha value is -4.78. The first-order valence-corrected chi connectivity index (χ1v) is 18.6. The van der Waals surface area contributed by atoms with Gasteiger partial charge >= 0.3 is 18.0 Å². The molecule has 0 saturated carbocycles. The topological polar surface area (TPSA) is 156 Å². The lowest BCUT2D eigenvalue weighted by atomic mass is 9.93. The van der Waals surface area contributed by atoms with Crippen LogP contribution in [0.3, 0.4) is 0 Å². The molecule has 0 bridgehead atoms. The summed E-state index contributed by atoms with van der Waals surface area (Å²) >= 11 is 1.19. The lowest BCUT2D eigenvalue weighted by molar-refractivity contribution is -0.149. The van der Waals surface area contributed by atoms with Gasteiger partial charge in [-0.15, -0.1) is 11.3 Å². The molecule has 1 heterocycles. The molecule has 6 atom stereocenters. The van der Waals surface area contributed by atoms with Crippen LogP contribution in [0.2, 0.25) is 0 Å². The number of rotatable bonds is 18. The van der Waals surface area contributed by atoms with Crippen molar-refractivity contribution in [3.05, 3.63) is 82.3 Å². The fourth-order valence-corrected chi connectivity index (χ4v) is 6.85. The average Bonchev–Trinajstić information content (AvgIpc) is 3.62. The molecule has 0 spiro atoms. The van der Waals surface area contributed by atoms with Crippen LogP contribution in [0.15, 0.2) is 66.0 Å². The zero-order valence-corrected chi connectivity index (χ0v) is 32.2. The maximum atomic E-state index is 14.1. The lowest BCUT2D eigenvalue weighted by Gasteiger charge is -2.36. The van der Waals surface area contributed by atoms with Gasteiger partial charge in [-0.05, 0) is 42.4 Å². The first-order chi connectivity index (χ1) is 24.7. The molecule has 282 valence electrons. The van der Waals surface area contributed by atoms with Crippen molar-refractivity contribution in [1.29, 1.82) is 0 Å². The number of para-hydroxylation sites is 1. The summed E-state index contributed by atoms with van der Waals surface area (Å²) in [6.45, 7) is 10.9. The van der Waals surface area contributed by atoms with Crippen molar-refractivity contribution in [2.75, 3.05) is 19.5 Å². The fourth-order valence-electron chi connectivity index (χ4n) is 6.01. The first kappa shape index (κ1) is 41.6. The summed E-state index contributed by atoms with van der Waals surface area (Å²) in [5, 5.41) is 10.7. The summed E-state index contributed by atoms with van der Waals surface area (Å²) in [6.07, 6.45) is 0.873. The van der Waals surface area contributed by atoms with Gasteiger partial charge in [-0.1, -0.05) is 89.6 Å². The van der Waals surface area contributed by atoms with Gasteiger partial charge in [0.05, 0.1) is 13.0 Å². The van der Waals surface area contributed by atoms with Crippen molar-refractivity contribution in [3.8, 4) is 0 Å². The van der Waals surface area contributed by atoms with Gasteiger partial charge in [0.25, 0.3) is 5.91 Å². The predicted molar refractivity (Wildman–Crippen MR) is 202 cm³/mol. The standard InChI is InChI=1S/C39H53N5O7S/c1-9-25(4)34(43-39(49)41-29-18-14-11-15-19-29)37(47)44(7)32(24(2)3)22-33(51-27(6)45)36-42-31(23-52-36)35(46)40-30(20-26(5)38(48)50-8)21-28-16-12-10-13-17-28/h10-19,23-26,30,32-34H,9,20-22H2,1-8H3,(H,40,46)(H2,41,43,49)/t25-,26-,30+,32+,33+,34-/m0/s1. The smallest absolute Gasteiger partial charge is 0.319 e. The van der Waals surface area contributed by atoms with Gasteiger partial charge in [-0.2, -0.15) is 0 Å². The highest BCUT2D eigenvalue weighted by Crippen LogP contribution is 2.31. The van der Waals surface area contributed by atoms with Gasteiger partial charge in [-0.25, -0.2) is 9.78 Å². The van der Waals surface area contributed by atoms with Crippen molar-refractivity contribution in [2.45, 2.75) is 91.5 Å². The van der Waals surface area contributed by atoms with Gasteiger partial charge in [0.15, 0.2) is 6.10 Å². The zero-order valence-electron chi connectivity index (χ0n) is 31.4. The third-order valence-corrected chi connectivity index (χ3v) is 10.0. The van der Waals surface area contributed by atoms with Crippen LogP contribution in [0.4, 0.5) is 10.5 Å². The number of thiazole rings is 1. The number of urea groups is 1. The summed E-state index contributed by atoms with van der Waals surface area (Å²) in [4.78, 5) is 71.3. The van der Waals surface area contributed by atoms with Crippen LogP contribution in [0, 0.1) is 17.8 Å². The Morgan fingerprint density at radius 3 is 2.12 bits per heavy atom. The lowest BCUT2D eigenvalue weighted by Crippen LogP contribution is -2.55. The van der Waals surface area contributed by atoms with E-state index in [-0.39, 0.29) is 41.9 Å². The largest absolute Gasteiger partial charge is 0.469 e. The summed E-state index contributed by atoms with van der Waals surface area (Å²) in [6, 6.07) is 16.5. The molecule has 52 heavy (non-hydrogen) atoms. The normalized spacial score (nSPS) is 14.6. The highest BCUT2D eigenvalue weighted by molar-refractivity contribution is 7.09. The number of nitrogens with zero attached hydrogens (tertiary/aromatic N) is 2. The van der Waals surface area contributed by atoms with E-state index in [1.807, 2.05) is 76.2 Å². The first-order valence-electron chi connectivity index (χ1n) is 17.7. The number of likely N-dealkylation sites (N-methyl/N-ethyl adjacent to an activating group) is 1. The number of carbonyl (C=O) groups is 5. The highest BCUT2D eigenvalue weighted by atomic mass is 32.1. The molecular formula is C39H53N5O7S. The summed E-state index contributed by atoms with van der Waals surface area (Å²) < 4.78 is 10.7. The molecule has 1 aromatic heterocycles. The van der Waals surface area contributed by atoms with Crippen molar-refractivity contribution >= 4 is 46.8 Å². The second-order valence-corrected chi connectivity index (χ2v) is 14.4. The van der Waals surface area contributed by atoms with Gasteiger partial charge in [-0.3, -0.25) is 19.2 Å². The maximum absolute atomic E-state index is 14.1. The van der Waals surface area contributed by atoms with E-state index in [1.54, 1.807) is 36.4 Å². The van der Waals surface area contributed by atoms with Crippen LogP contribution in [0.5, 0.6) is 0 Å². The molecule has 0 saturated heterocycles. The minimum atomic E-state index is -0.845. The predicted octanol–water partition coefficient (Wildman–Crippen LogP) is 6.40. The monoisotopic (exact) mass is 735 g/mol. The Labute approximate surface area is 311 Å². The van der Waals surface area contributed by atoms with Gasteiger partial charge in [0.2, 0.25) is 5.91 Å². The Morgan fingerprint density at radius 1 is 0.904 bits per heavy atom. The zero-order chi connectivity index (χ0) is 38.4. The van der Waals surface area contributed by atoms with Gasteiger partial charge < -0.3 is 30.3 Å². The molecule has 0 aliphatic heterocycles. The van der Waals surface area contributed by atoms with E-state index < -0.39 is 42.0 Å². The number of carbonyl (C=O) groups excluding carboxylic acids is 5. The SMILES string of the molecule is CC[C@H](C)[C@H](NC(=O)Nc1ccccc1)C(=O)N(C)[C@H](C[C@@H](OC(C)=O)c1nc(C(=O)N[C@@H](Cc2ccccc2)C[C@H](C)C(=O)OC)cs1)C(C)C. The van der Waals surface area contributed by atoms with Gasteiger partial charge in [0, 0.05) is 43.5 Å². The molecule has 0 unspecified atom stereocenters. The summed E-state index contributed by atoms with van der Waals surface area (Å²) in [5.74, 6) is -2.28. The molecule has 0 radical (unpaired) electrons. The minimum absolute atomic E-state index is 0.0685. The Kier molecular flexibility index (Phi) is 16.3. The molecule has 3 N–H and O–H groups in total. The van der Waals surface area contributed by atoms with Crippen molar-refractivity contribution < 1.29 is 33.4 Å². The molecule has 4 amide bonds. The number of benzene rings is 2. The Balaban J connectivity index is 1.80. The number of aromatic nitrogens is 1. The number of amides is 4. The minimum Gasteiger partial charge on any atom is -0.469 e. The molecule has 12 nitrogen and oxygen atoms in total. The van der Waals surface area contributed by atoms with Crippen molar-refractivity contribution in [2.24, 2.45) is 17.8 Å². The molecule has 0 aliphatic carbocycles. The number of ether oxygens (including phenoxy) is 2. The van der Waals surface area contributed by atoms with Crippen LogP contribution in [-0.4, -0.2) is 72.0 Å². The summed E-state index contributed by atoms with van der Waals surface area (Å²) in [5.41, 5.74) is 1.75. The number of methoxy groups -OCH3 is 1. The van der Waals surface area contributed by atoms with Crippen molar-refractivity contribution in [3.63, 3.8) is 0 Å². The van der Waals surface area contributed by atoms with E-state index >= 15 is 0 Å². The van der Waals surface area contributed by atoms with Crippen LogP contribution in [0.25, 0.3) is 0 Å². The van der Waals surface area contributed by atoms with Crippen LogP contribution < -0.4 is 16.0 Å². The van der Waals surface area contributed by atoms with E-state index in [2.05, 4.69) is 20.9 Å². The quantitative estimate of drug-likeness (QED) is 0.127. The van der Waals surface area contributed by atoms with Crippen LogP contribution in [-0.2, 0) is 30.3 Å². The van der Waals surface area contributed by atoms with E-state index in [0.717, 1.165) is 5.56 Å². The van der Waals surface area contributed by atoms with E-state index in [0.29, 0.717) is 30.0 Å². The second kappa shape index (κ2) is 20.3. The molecule has 13 heteroatoms. The highest BCUT2D eigenvalue weighted by Gasteiger charge is 2.36. The molecule has 0 fully saturated rings. The third-order valence-electron chi connectivity index (χ3n) is 9.11. The van der Waals surface area contributed by atoms with E-state index in [4.69, 9.17) is 9.47 Å². The third kappa shape index (κ3) is 12.5. The molecule has 3 aromatic rings. The Morgan fingerprint density at radius 2 is 1.54 bits per heavy atom. The van der Waals surface area contributed by atoms with E-state index in [9.17, 15) is 24.0 Å². The number of nitrogens with one attached hydrogen (secondary N) is 3. The van der Waals surface area contributed by atoms with E-state index in [1.165, 1.54) is 25.4 Å². The number of hydrogen-bond acceptors (Lipinski definition) is 9. The number of anilines is 1. The number of hydrogen-bond donors (Lipinski definition) is 3. The molecular weight excluding hydrogens is 683 g/mol. The maximum Gasteiger partial charge on any atom is 0.319 e. The van der Waals surface area contributed by atoms with Crippen LogP contribution in [0.1, 0.15) is 88.0 Å².